The number of nitrogens with one attached hydrogen (secondary N) is 3. The molecule has 196 valence electrons. The summed E-state index contributed by atoms with van der Waals surface area (Å²) in [5, 5.41) is 26.1. The Hall–Kier alpha value is -2.58. The molecule has 3 amide bonds. The lowest BCUT2D eigenvalue weighted by molar-refractivity contribution is -0.142. The molecule has 0 aromatic heterocycles. The van der Waals surface area contributed by atoms with Gasteiger partial charge in [-0.25, -0.2) is 4.79 Å². The summed E-state index contributed by atoms with van der Waals surface area (Å²) in [5.41, 5.74) is 16.0. The van der Waals surface area contributed by atoms with Gasteiger partial charge in [0.05, 0.1) is 6.61 Å². The third-order valence-corrected chi connectivity index (χ3v) is 5.32. The predicted molar refractivity (Wildman–Crippen MR) is 131 cm³/mol. The van der Waals surface area contributed by atoms with Gasteiger partial charge >= 0.3 is 5.97 Å². The largest absolute Gasteiger partial charge is 0.480 e. The molecule has 0 radical (unpaired) electrons. The summed E-state index contributed by atoms with van der Waals surface area (Å²) in [6.07, 6.45) is 2.77. The van der Waals surface area contributed by atoms with E-state index in [1.54, 1.807) is 0 Å². The van der Waals surface area contributed by atoms with Crippen LogP contribution in [0.2, 0.25) is 0 Å². The number of nitrogens with two attached hydrogens (primary N) is 3. The number of aliphatic imine (C=N–C) groups is 1. The molecule has 0 aromatic rings. The van der Waals surface area contributed by atoms with Gasteiger partial charge in [-0.15, -0.1) is 0 Å². The molecule has 0 saturated heterocycles. The highest BCUT2D eigenvalue weighted by molar-refractivity contribution is 7.98. The molecule has 11 N–H and O–H groups in total. The number of aliphatic hydroxyl groups is 1. The maximum absolute atomic E-state index is 12.9. The maximum Gasteiger partial charge on any atom is 0.326 e. The summed E-state index contributed by atoms with van der Waals surface area (Å²) in [6, 6.07) is -4.38. The van der Waals surface area contributed by atoms with Gasteiger partial charge in [0.15, 0.2) is 5.96 Å². The standard InChI is InChI=1S/C20H39N7O6S/c1-11(2)9-15(18(31)26-14(19(32)33)5-4-7-24-20(22)23)27-17(30)13(6-8-34-3)25-16(29)12(21)10-28/h11-15,28H,4-10,21H2,1-3H3,(H,25,29)(H,26,31)(H,27,30)(H,32,33)(H4,22,23,24). The zero-order chi connectivity index (χ0) is 26.3. The van der Waals surface area contributed by atoms with Crippen molar-refractivity contribution < 1.29 is 29.4 Å². The zero-order valence-electron chi connectivity index (χ0n) is 20.0. The van der Waals surface area contributed by atoms with Crippen LogP contribution in [0, 0.1) is 5.92 Å². The number of aliphatic carboxylic acids is 1. The predicted octanol–water partition coefficient (Wildman–Crippen LogP) is -2.30. The SMILES string of the molecule is CSCCC(NC(=O)C(N)CO)C(=O)NC(CC(C)C)C(=O)NC(CCCN=C(N)N)C(=O)O. The average Bonchev–Trinajstić information content (AvgIpc) is 2.76. The summed E-state index contributed by atoms with van der Waals surface area (Å²) >= 11 is 1.47. The van der Waals surface area contributed by atoms with Crippen molar-refractivity contribution in [3.63, 3.8) is 0 Å². The van der Waals surface area contributed by atoms with Crippen molar-refractivity contribution in [1.82, 2.24) is 16.0 Å². The van der Waals surface area contributed by atoms with Crippen molar-refractivity contribution in [3.05, 3.63) is 0 Å². The molecule has 4 unspecified atom stereocenters. The molecular formula is C20H39N7O6S. The molecule has 0 aliphatic rings. The normalized spacial score (nSPS) is 14.4. The molecule has 0 saturated carbocycles. The lowest BCUT2D eigenvalue weighted by Gasteiger charge is -2.26. The van der Waals surface area contributed by atoms with E-state index in [2.05, 4.69) is 20.9 Å². The summed E-state index contributed by atoms with van der Waals surface area (Å²) < 4.78 is 0. The molecule has 0 fully saturated rings. The van der Waals surface area contributed by atoms with Crippen LogP contribution in [0.15, 0.2) is 4.99 Å². The highest BCUT2D eigenvalue weighted by atomic mass is 32.2. The van der Waals surface area contributed by atoms with Crippen molar-refractivity contribution in [2.45, 2.75) is 63.7 Å². The third kappa shape index (κ3) is 13.2. The van der Waals surface area contributed by atoms with Gasteiger partial charge in [0.2, 0.25) is 17.7 Å². The quantitative estimate of drug-likeness (QED) is 0.0597. The van der Waals surface area contributed by atoms with Crippen LogP contribution in [0.1, 0.15) is 39.5 Å². The molecule has 0 aliphatic heterocycles. The van der Waals surface area contributed by atoms with E-state index in [4.69, 9.17) is 22.3 Å². The number of carbonyl (C=O) groups excluding carboxylic acids is 3. The Morgan fingerprint density at radius 3 is 2.00 bits per heavy atom. The number of amides is 3. The fourth-order valence-corrected chi connectivity index (χ4v) is 3.35. The molecule has 0 bridgehead atoms. The number of guanidine groups is 1. The van der Waals surface area contributed by atoms with Crippen molar-refractivity contribution in [2.75, 3.05) is 25.2 Å². The molecule has 0 rings (SSSR count). The second kappa shape index (κ2) is 16.9. The van der Waals surface area contributed by atoms with Gasteiger partial charge in [0.1, 0.15) is 24.2 Å². The van der Waals surface area contributed by atoms with Crippen molar-refractivity contribution in [1.29, 1.82) is 0 Å². The van der Waals surface area contributed by atoms with Crippen LogP contribution in [0.5, 0.6) is 0 Å². The fraction of sp³-hybridized carbons (Fsp3) is 0.750. The van der Waals surface area contributed by atoms with E-state index in [1.165, 1.54) is 11.8 Å². The molecule has 0 aromatic carbocycles. The lowest BCUT2D eigenvalue weighted by Crippen LogP contribution is -2.57. The Kier molecular flexibility index (Phi) is 15.7. The topological polar surface area (TPSA) is 235 Å². The van der Waals surface area contributed by atoms with Gasteiger partial charge in [0.25, 0.3) is 0 Å². The third-order valence-electron chi connectivity index (χ3n) is 4.68. The molecule has 0 spiro atoms. The highest BCUT2D eigenvalue weighted by Crippen LogP contribution is 2.09. The van der Waals surface area contributed by atoms with Gasteiger partial charge < -0.3 is 43.4 Å². The van der Waals surface area contributed by atoms with Crippen LogP contribution in [-0.4, -0.2) is 89.2 Å². The number of carbonyl (C=O) groups is 4. The van der Waals surface area contributed by atoms with E-state index >= 15 is 0 Å². The number of rotatable bonds is 17. The summed E-state index contributed by atoms with van der Waals surface area (Å²) in [4.78, 5) is 53.3. The molecule has 0 heterocycles. The monoisotopic (exact) mass is 505 g/mol. The second-order valence-corrected chi connectivity index (χ2v) is 9.16. The molecule has 13 nitrogen and oxygen atoms in total. The molecule has 14 heteroatoms. The number of thioether (sulfide) groups is 1. The number of carboxylic acids is 1. The number of nitrogens with zero attached hydrogens (tertiary/aromatic N) is 1. The summed E-state index contributed by atoms with van der Waals surface area (Å²) in [6.45, 7) is 3.33. The lowest BCUT2D eigenvalue weighted by atomic mass is 10.0. The Bertz CT molecular complexity index is 703. The van der Waals surface area contributed by atoms with E-state index in [1.807, 2.05) is 20.1 Å². The van der Waals surface area contributed by atoms with Gasteiger partial charge in [-0.2, -0.15) is 11.8 Å². The smallest absolute Gasteiger partial charge is 0.326 e. The van der Waals surface area contributed by atoms with E-state index in [9.17, 15) is 24.3 Å². The maximum atomic E-state index is 12.9. The van der Waals surface area contributed by atoms with E-state index in [0.29, 0.717) is 12.2 Å². The Morgan fingerprint density at radius 1 is 0.941 bits per heavy atom. The summed E-state index contributed by atoms with van der Waals surface area (Å²) in [5.74, 6) is -2.74. The zero-order valence-corrected chi connectivity index (χ0v) is 20.8. The first kappa shape index (κ1) is 31.4. The first-order valence-electron chi connectivity index (χ1n) is 11.0. The fourth-order valence-electron chi connectivity index (χ4n) is 2.87. The second-order valence-electron chi connectivity index (χ2n) is 8.17. The number of carboxylic acid groups (broad SMARTS) is 1. The van der Waals surface area contributed by atoms with E-state index in [0.717, 1.165) is 0 Å². The first-order valence-corrected chi connectivity index (χ1v) is 12.4. The van der Waals surface area contributed by atoms with Gasteiger partial charge in [-0.3, -0.25) is 19.4 Å². The van der Waals surface area contributed by atoms with Crippen LogP contribution in [0.25, 0.3) is 0 Å². The molecule has 4 atom stereocenters. The van der Waals surface area contributed by atoms with Crippen molar-refractivity contribution in [2.24, 2.45) is 28.1 Å². The van der Waals surface area contributed by atoms with Crippen LogP contribution in [-0.2, 0) is 19.2 Å². The number of aliphatic hydroxyl groups excluding tert-OH is 1. The van der Waals surface area contributed by atoms with Gasteiger partial charge in [-0.1, -0.05) is 13.8 Å². The first-order chi connectivity index (χ1) is 15.9. The Labute approximate surface area is 204 Å². The molecular weight excluding hydrogens is 466 g/mol. The Balaban J connectivity index is 5.37. The van der Waals surface area contributed by atoms with Gasteiger partial charge in [0, 0.05) is 6.54 Å². The number of hydrogen-bond donors (Lipinski definition) is 8. The minimum atomic E-state index is -1.23. The minimum Gasteiger partial charge on any atom is -0.480 e. The molecule has 34 heavy (non-hydrogen) atoms. The average molecular weight is 506 g/mol. The summed E-state index contributed by atoms with van der Waals surface area (Å²) in [7, 11) is 0. The van der Waals surface area contributed by atoms with Crippen molar-refractivity contribution in [3.8, 4) is 0 Å². The van der Waals surface area contributed by atoms with E-state index in [-0.39, 0.29) is 37.7 Å². The van der Waals surface area contributed by atoms with E-state index < -0.39 is 54.5 Å². The van der Waals surface area contributed by atoms with Crippen LogP contribution in [0.3, 0.4) is 0 Å². The minimum absolute atomic E-state index is 0.00300. The van der Waals surface area contributed by atoms with Crippen LogP contribution >= 0.6 is 11.8 Å². The van der Waals surface area contributed by atoms with Crippen molar-refractivity contribution >= 4 is 41.4 Å². The highest BCUT2D eigenvalue weighted by Gasteiger charge is 2.30. The Morgan fingerprint density at radius 2 is 1.50 bits per heavy atom. The van der Waals surface area contributed by atoms with Gasteiger partial charge in [-0.05, 0) is 43.6 Å². The van der Waals surface area contributed by atoms with Crippen LogP contribution in [0.4, 0.5) is 0 Å². The van der Waals surface area contributed by atoms with Crippen LogP contribution < -0.4 is 33.2 Å². The molecule has 0 aliphatic carbocycles. The number of hydrogen-bond acceptors (Lipinski definition) is 8.